The molecule has 0 spiro atoms. The highest BCUT2D eigenvalue weighted by molar-refractivity contribution is 5.93. The van der Waals surface area contributed by atoms with Crippen molar-refractivity contribution < 1.29 is 14.3 Å². The quantitative estimate of drug-likeness (QED) is 0.607. The smallest absolute Gasteiger partial charge is 0.244 e. The van der Waals surface area contributed by atoms with E-state index in [-0.39, 0.29) is 24.3 Å². The van der Waals surface area contributed by atoms with Crippen LogP contribution in [0.15, 0.2) is 48.5 Å². The van der Waals surface area contributed by atoms with Crippen LogP contribution in [0.5, 0.6) is 5.75 Å². The molecule has 0 atom stereocenters. The molecule has 7 nitrogen and oxygen atoms in total. The van der Waals surface area contributed by atoms with Crippen LogP contribution in [0, 0.1) is 5.92 Å². The molecule has 1 saturated carbocycles. The van der Waals surface area contributed by atoms with E-state index in [9.17, 15) is 9.59 Å². The Morgan fingerprint density at radius 2 is 1.81 bits per heavy atom. The highest BCUT2D eigenvalue weighted by Gasteiger charge is 2.22. The molecule has 3 aromatic rings. The monoisotopic (exact) mass is 420 g/mol. The second-order valence-electron chi connectivity index (χ2n) is 7.90. The van der Waals surface area contributed by atoms with Crippen LogP contribution < -0.4 is 15.4 Å². The predicted molar refractivity (Wildman–Crippen MR) is 120 cm³/mol. The molecule has 7 heteroatoms. The summed E-state index contributed by atoms with van der Waals surface area (Å²) in [6, 6.07) is 15.0. The first kappa shape index (κ1) is 20.9. The van der Waals surface area contributed by atoms with Gasteiger partial charge in [-0.2, -0.15) is 0 Å². The average molecular weight is 421 g/mol. The van der Waals surface area contributed by atoms with Gasteiger partial charge in [0.2, 0.25) is 11.8 Å². The number of para-hydroxylation sites is 4. The number of fused-ring (bicyclic) bond motifs is 1. The van der Waals surface area contributed by atoms with Gasteiger partial charge in [-0.3, -0.25) is 9.59 Å². The molecule has 1 aliphatic carbocycles. The Morgan fingerprint density at radius 1 is 1.06 bits per heavy atom. The van der Waals surface area contributed by atoms with Gasteiger partial charge in [-0.25, -0.2) is 4.98 Å². The second kappa shape index (κ2) is 9.64. The molecule has 2 N–H and O–H groups in total. The first-order valence-electron chi connectivity index (χ1n) is 10.8. The fraction of sp³-hybridized carbons (Fsp3) is 0.375. The molecule has 0 radical (unpaired) electrons. The zero-order chi connectivity index (χ0) is 21.6. The van der Waals surface area contributed by atoms with Gasteiger partial charge in [-0.05, 0) is 37.1 Å². The van der Waals surface area contributed by atoms with Gasteiger partial charge in [0.25, 0.3) is 0 Å². The molecule has 2 aromatic carbocycles. The summed E-state index contributed by atoms with van der Waals surface area (Å²) in [7, 11) is 1.57. The third kappa shape index (κ3) is 4.87. The van der Waals surface area contributed by atoms with Crippen LogP contribution in [-0.2, 0) is 22.7 Å². The molecule has 1 fully saturated rings. The van der Waals surface area contributed by atoms with E-state index in [1.54, 1.807) is 19.2 Å². The normalized spacial score (nSPS) is 14.4. The Kier molecular flexibility index (Phi) is 6.50. The Hall–Kier alpha value is -3.35. The molecular formula is C24H28N4O3. The highest BCUT2D eigenvalue weighted by Crippen LogP contribution is 2.25. The van der Waals surface area contributed by atoms with Crippen molar-refractivity contribution >= 4 is 28.5 Å². The molecule has 0 aliphatic heterocycles. The van der Waals surface area contributed by atoms with E-state index >= 15 is 0 Å². The molecule has 0 bridgehead atoms. The molecule has 1 aromatic heterocycles. The van der Waals surface area contributed by atoms with Crippen molar-refractivity contribution in [1.29, 1.82) is 0 Å². The number of amides is 2. The van der Waals surface area contributed by atoms with Crippen LogP contribution in [0.1, 0.15) is 37.9 Å². The summed E-state index contributed by atoms with van der Waals surface area (Å²) in [5.41, 5.74) is 2.28. The van der Waals surface area contributed by atoms with Crippen LogP contribution in [0.25, 0.3) is 11.0 Å². The molecule has 0 saturated heterocycles. The number of methoxy groups -OCH3 is 1. The number of ether oxygens (including phenoxy) is 1. The van der Waals surface area contributed by atoms with E-state index in [2.05, 4.69) is 15.6 Å². The fourth-order valence-electron chi connectivity index (χ4n) is 4.19. The van der Waals surface area contributed by atoms with Gasteiger partial charge >= 0.3 is 0 Å². The van der Waals surface area contributed by atoms with Gasteiger partial charge in [0.15, 0.2) is 0 Å². The summed E-state index contributed by atoms with van der Waals surface area (Å²) in [6.07, 6.45) is 5.33. The van der Waals surface area contributed by atoms with Crippen molar-refractivity contribution in [2.45, 2.75) is 45.2 Å². The molecule has 0 unspecified atom stereocenters. The van der Waals surface area contributed by atoms with Crippen LogP contribution in [-0.4, -0.2) is 28.5 Å². The summed E-state index contributed by atoms with van der Waals surface area (Å²) in [4.78, 5) is 30.1. The van der Waals surface area contributed by atoms with E-state index in [1.807, 2.05) is 41.0 Å². The van der Waals surface area contributed by atoms with Crippen molar-refractivity contribution in [3.63, 3.8) is 0 Å². The lowest BCUT2D eigenvalue weighted by Crippen LogP contribution is -2.32. The number of rotatable bonds is 7. The lowest BCUT2D eigenvalue weighted by molar-refractivity contribution is -0.126. The van der Waals surface area contributed by atoms with E-state index in [0.29, 0.717) is 23.8 Å². The minimum Gasteiger partial charge on any atom is -0.495 e. The Labute approximate surface area is 181 Å². The van der Waals surface area contributed by atoms with Crippen LogP contribution in [0.4, 0.5) is 5.69 Å². The first-order valence-corrected chi connectivity index (χ1v) is 10.8. The van der Waals surface area contributed by atoms with Crippen LogP contribution in [0.2, 0.25) is 0 Å². The molecule has 162 valence electrons. The maximum Gasteiger partial charge on any atom is 0.244 e. The average Bonchev–Trinajstić information content (AvgIpc) is 3.15. The number of aromatic nitrogens is 2. The zero-order valence-electron chi connectivity index (χ0n) is 17.8. The van der Waals surface area contributed by atoms with Gasteiger partial charge in [-0.1, -0.05) is 43.5 Å². The molecule has 4 rings (SSSR count). The van der Waals surface area contributed by atoms with E-state index < -0.39 is 0 Å². The number of carbonyl (C=O) groups excluding carboxylic acids is 2. The SMILES string of the molecule is COc1ccccc1NC(=O)Cn1c(CNC(=O)C2CCCCC2)nc2ccccc21. The number of hydrogen-bond donors (Lipinski definition) is 2. The molecule has 1 aliphatic rings. The molecule has 1 heterocycles. The van der Waals surface area contributed by atoms with Gasteiger partial charge in [0.05, 0.1) is 30.4 Å². The number of benzene rings is 2. The van der Waals surface area contributed by atoms with Crippen molar-refractivity contribution in [3.8, 4) is 5.75 Å². The van der Waals surface area contributed by atoms with Gasteiger partial charge in [0, 0.05) is 5.92 Å². The Bertz CT molecular complexity index is 1070. The first-order chi connectivity index (χ1) is 15.2. The van der Waals surface area contributed by atoms with Crippen molar-refractivity contribution in [1.82, 2.24) is 14.9 Å². The third-order valence-corrected chi connectivity index (χ3v) is 5.81. The zero-order valence-corrected chi connectivity index (χ0v) is 17.8. The summed E-state index contributed by atoms with van der Waals surface area (Å²) in [5.74, 6) is 1.25. The van der Waals surface area contributed by atoms with E-state index in [1.165, 1.54) is 6.42 Å². The largest absolute Gasteiger partial charge is 0.495 e. The standard InChI is InChI=1S/C24H28N4O3/c1-31-21-14-8-6-12-19(21)27-23(29)16-28-20-13-7-5-11-18(20)26-22(28)15-25-24(30)17-9-3-2-4-10-17/h5-8,11-14,17H,2-4,9-10,15-16H2,1H3,(H,25,30)(H,27,29). The minimum atomic E-state index is -0.187. The van der Waals surface area contributed by atoms with Crippen molar-refractivity contribution in [2.75, 3.05) is 12.4 Å². The molecule has 31 heavy (non-hydrogen) atoms. The van der Waals surface area contributed by atoms with Gasteiger partial charge in [-0.15, -0.1) is 0 Å². The fourth-order valence-corrected chi connectivity index (χ4v) is 4.19. The van der Waals surface area contributed by atoms with Gasteiger partial charge in [0.1, 0.15) is 18.1 Å². The Balaban J connectivity index is 1.50. The molecule has 2 amide bonds. The number of hydrogen-bond acceptors (Lipinski definition) is 4. The maximum absolute atomic E-state index is 12.8. The maximum atomic E-state index is 12.8. The summed E-state index contributed by atoms with van der Waals surface area (Å²) >= 11 is 0. The third-order valence-electron chi connectivity index (χ3n) is 5.81. The summed E-state index contributed by atoms with van der Waals surface area (Å²) in [5, 5.41) is 5.95. The van der Waals surface area contributed by atoms with E-state index in [4.69, 9.17) is 4.74 Å². The number of imidazole rings is 1. The number of nitrogens with zero attached hydrogens (tertiary/aromatic N) is 2. The topological polar surface area (TPSA) is 85.2 Å². The molecular weight excluding hydrogens is 392 g/mol. The second-order valence-corrected chi connectivity index (χ2v) is 7.90. The predicted octanol–water partition coefficient (Wildman–Crippen LogP) is 3.88. The number of nitrogens with one attached hydrogen (secondary N) is 2. The van der Waals surface area contributed by atoms with Crippen molar-refractivity contribution in [2.24, 2.45) is 5.92 Å². The summed E-state index contributed by atoms with van der Waals surface area (Å²) < 4.78 is 7.18. The van der Waals surface area contributed by atoms with Crippen molar-refractivity contribution in [3.05, 3.63) is 54.4 Å². The lowest BCUT2D eigenvalue weighted by atomic mass is 9.89. The minimum absolute atomic E-state index is 0.0804. The Morgan fingerprint density at radius 3 is 2.61 bits per heavy atom. The summed E-state index contributed by atoms with van der Waals surface area (Å²) in [6.45, 7) is 0.388. The highest BCUT2D eigenvalue weighted by atomic mass is 16.5. The number of carbonyl (C=O) groups is 2. The van der Waals surface area contributed by atoms with E-state index in [0.717, 1.165) is 36.7 Å². The van der Waals surface area contributed by atoms with Crippen LogP contribution in [0.3, 0.4) is 0 Å². The van der Waals surface area contributed by atoms with Gasteiger partial charge < -0.3 is 19.9 Å². The van der Waals surface area contributed by atoms with Crippen LogP contribution >= 0.6 is 0 Å². The lowest BCUT2D eigenvalue weighted by Gasteiger charge is -2.20. The number of anilines is 1.